The van der Waals surface area contributed by atoms with Gasteiger partial charge in [0, 0.05) is 22.6 Å². The van der Waals surface area contributed by atoms with Gasteiger partial charge in [0.1, 0.15) is 5.01 Å². The molecule has 0 spiro atoms. The number of fused-ring (bicyclic) bond motifs is 1. The Labute approximate surface area is 178 Å². The fraction of sp³-hybridized carbons (Fsp3) is 0.200. The zero-order chi connectivity index (χ0) is 19.8. The lowest BCUT2D eigenvalue weighted by atomic mass is 10.3. The number of nitrogens with one attached hydrogen (secondary N) is 1. The molecule has 29 heavy (non-hydrogen) atoms. The van der Waals surface area contributed by atoms with Gasteiger partial charge in [-0.3, -0.25) is 9.59 Å². The highest BCUT2D eigenvalue weighted by Crippen LogP contribution is 2.41. The molecule has 6 nitrogen and oxygen atoms in total. The average molecular weight is 441 g/mol. The highest BCUT2D eigenvalue weighted by molar-refractivity contribution is 7.98. The summed E-state index contributed by atoms with van der Waals surface area (Å²) in [5.41, 5.74) is 1.32. The fourth-order valence-corrected chi connectivity index (χ4v) is 5.49. The number of thioether (sulfide) groups is 1. The van der Waals surface area contributed by atoms with E-state index in [0.717, 1.165) is 28.4 Å². The van der Waals surface area contributed by atoms with Crippen molar-refractivity contribution in [2.75, 3.05) is 5.32 Å². The Morgan fingerprint density at radius 2 is 2.10 bits per heavy atom. The first kappa shape index (κ1) is 18.5. The first-order valence-electron chi connectivity index (χ1n) is 9.14. The minimum absolute atomic E-state index is 0.122. The van der Waals surface area contributed by atoms with Gasteiger partial charge in [-0.15, -0.1) is 23.1 Å². The van der Waals surface area contributed by atoms with Crippen LogP contribution in [0.2, 0.25) is 0 Å². The Morgan fingerprint density at radius 3 is 2.90 bits per heavy atom. The van der Waals surface area contributed by atoms with Gasteiger partial charge in [0.05, 0.1) is 16.3 Å². The summed E-state index contributed by atoms with van der Waals surface area (Å²) in [7, 11) is 0. The van der Waals surface area contributed by atoms with E-state index >= 15 is 0 Å². The van der Waals surface area contributed by atoms with Crippen molar-refractivity contribution in [3.05, 3.63) is 73.8 Å². The molecule has 146 valence electrons. The van der Waals surface area contributed by atoms with Crippen molar-refractivity contribution >= 4 is 51.0 Å². The van der Waals surface area contributed by atoms with Crippen molar-refractivity contribution in [3.63, 3.8) is 0 Å². The lowest BCUT2D eigenvalue weighted by molar-refractivity contribution is 0.103. The van der Waals surface area contributed by atoms with Crippen LogP contribution in [-0.2, 0) is 5.75 Å². The number of amides is 1. The molecule has 0 atom stereocenters. The minimum atomic E-state index is -0.145. The summed E-state index contributed by atoms with van der Waals surface area (Å²) in [5, 5.41) is 10.3. The van der Waals surface area contributed by atoms with Gasteiger partial charge in [0.15, 0.2) is 0 Å². The number of rotatable bonds is 6. The van der Waals surface area contributed by atoms with E-state index in [0.29, 0.717) is 27.2 Å². The Hall–Kier alpha value is -2.49. The van der Waals surface area contributed by atoms with Crippen LogP contribution in [0.1, 0.15) is 39.1 Å². The highest BCUT2D eigenvalue weighted by atomic mass is 32.2. The van der Waals surface area contributed by atoms with E-state index in [1.54, 1.807) is 23.9 Å². The molecule has 3 aromatic heterocycles. The van der Waals surface area contributed by atoms with Gasteiger partial charge >= 0.3 is 0 Å². The topological polar surface area (TPSA) is 76.4 Å². The number of anilines is 1. The van der Waals surface area contributed by atoms with Crippen molar-refractivity contribution in [1.29, 1.82) is 0 Å². The largest absolute Gasteiger partial charge is 0.320 e. The summed E-state index contributed by atoms with van der Waals surface area (Å²) >= 11 is 4.45. The number of hydrogen-bond acceptors (Lipinski definition) is 7. The predicted molar refractivity (Wildman–Crippen MR) is 117 cm³/mol. The average Bonchev–Trinajstić information content (AvgIpc) is 3.24. The van der Waals surface area contributed by atoms with Gasteiger partial charge in [0.2, 0.25) is 4.96 Å². The van der Waals surface area contributed by atoms with Crippen LogP contribution in [0.25, 0.3) is 4.96 Å². The monoisotopic (exact) mass is 440 g/mol. The van der Waals surface area contributed by atoms with Crippen LogP contribution >= 0.6 is 34.4 Å². The molecule has 1 N–H and O–H groups in total. The third-order valence-electron chi connectivity index (χ3n) is 4.50. The first-order chi connectivity index (χ1) is 14.2. The Kier molecular flexibility index (Phi) is 4.94. The van der Waals surface area contributed by atoms with Crippen molar-refractivity contribution in [1.82, 2.24) is 14.6 Å². The van der Waals surface area contributed by atoms with Gasteiger partial charge in [0.25, 0.3) is 11.5 Å². The molecule has 0 unspecified atom stereocenters. The van der Waals surface area contributed by atoms with Crippen LogP contribution in [0.4, 0.5) is 5.69 Å². The second-order valence-corrected chi connectivity index (χ2v) is 9.66. The molecule has 4 aromatic rings. The number of aromatic nitrogens is 3. The van der Waals surface area contributed by atoms with E-state index in [-0.39, 0.29) is 11.5 Å². The van der Waals surface area contributed by atoms with Crippen molar-refractivity contribution in [2.45, 2.75) is 29.4 Å². The number of benzene rings is 1. The summed E-state index contributed by atoms with van der Waals surface area (Å²) in [6, 6.07) is 12.9. The molecule has 0 aliphatic heterocycles. The second-order valence-electron chi connectivity index (χ2n) is 6.71. The van der Waals surface area contributed by atoms with Gasteiger partial charge < -0.3 is 5.32 Å². The summed E-state index contributed by atoms with van der Waals surface area (Å²) in [6.07, 6.45) is 2.29. The predicted octanol–water partition coefficient (Wildman–Crippen LogP) is 4.63. The van der Waals surface area contributed by atoms with Crippen molar-refractivity contribution in [3.8, 4) is 0 Å². The molecule has 1 amide bonds. The molecular formula is C20H16N4O2S3. The smallest absolute Gasteiger partial charge is 0.275 e. The molecule has 3 heterocycles. The molecule has 0 bridgehead atoms. The van der Waals surface area contributed by atoms with Crippen LogP contribution in [0.15, 0.2) is 57.5 Å². The lowest BCUT2D eigenvalue weighted by Crippen LogP contribution is -2.15. The van der Waals surface area contributed by atoms with E-state index in [4.69, 9.17) is 0 Å². The molecule has 1 saturated carbocycles. The van der Waals surface area contributed by atoms with Crippen molar-refractivity contribution < 1.29 is 4.79 Å². The Morgan fingerprint density at radius 1 is 1.24 bits per heavy atom. The molecule has 1 aliphatic rings. The zero-order valence-corrected chi connectivity index (χ0v) is 17.6. The van der Waals surface area contributed by atoms with Crippen LogP contribution in [-0.4, -0.2) is 20.5 Å². The summed E-state index contributed by atoms with van der Waals surface area (Å²) in [4.78, 5) is 31.7. The van der Waals surface area contributed by atoms with Crippen LogP contribution in [0, 0.1) is 0 Å². The summed E-state index contributed by atoms with van der Waals surface area (Å²) in [6.45, 7) is 0. The first-order valence-corrected chi connectivity index (χ1v) is 11.8. The highest BCUT2D eigenvalue weighted by Gasteiger charge is 2.28. The lowest BCUT2D eigenvalue weighted by Gasteiger charge is -2.10. The maximum Gasteiger partial charge on any atom is 0.275 e. The van der Waals surface area contributed by atoms with E-state index in [2.05, 4.69) is 15.4 Å². The molecule has 0 radical (unpaired) electrons. The number of carbonyl (C=O) groups is 1. The van der Waals surface area contributed by atoms with E-state index in [1.165, 1.54) is 27.2 Å². The minimum Gasteiger partial charge on any atom is -0.320 e. The quantitative estimate of drug-likeness (QED) is 0.442. The molecule has 0 saturated heterocycles. The van der Waals surface area contributed by atoms with Crippen LogP contribution in [0.5, 0.6) is 0 Å². The third kappa shape index (κ3) is 3.98. The molecule has 1 aliphatic carbocycles. The van der Waals surface area contributed by atoms with Crippen LogP contribution < -0.4 is 10.9 Å². The number of carbonyl (C=O) groups excluding carboxylic acids is 1. The van der Waals surface area contributed by atoms with Gasteiger partial charge in [-0.05, 0) is 36.4 Å². The Bertz CT molecular complexity index is 1240. The van der Waals surface area contributed by atoms with Crippen molar-refractivity contribution in [2.24, 2.45) is 0 Å². The SMILES string of the molecule is O=C(Nc1ccccc1SCc1cc(=O)n2nc(C3CC3)sc2n1)c1cccs1. The molecule has 1 aromatic carbocycles. The maximum atomic E-state index is 12.4. The van der Waals surface area contributed by atoms with Gasteiger partial charge in [-0.25, -0.2) is 4.98 Å². The van der Waals surface area contributed by atoms with E-state index < -0.39 is 0 Å². The Balaban J connectivity index is 1.35. The summed E-state index contributed by atoms with van der Waals surface area (Å²) in [5.74, 6) is 0.912. The number of hydrogen-bond donors (Lipinski definition) is 1. The maximum absolute atomic E-state index is 12.4. The van der Waals surface area contributed by atoms with Gasteiger partial charge in [-0.1, -0.05) is 29.5 Å². The molecule has 5 rings (SSSR count). The molecular weight excluding hydrogens is 424 g/mol. The number of para-hydroxylation sites is 1. The number of nitrogens with zero attached hydrogens (tertiary/aromatic N) is 3. The summed E-state index contributed by atoms with van der Waals surface area (Å²) < 4.78 is 1.40. The van der Waals surface area contributed by atoms with E-state index in [9.17, 15) is 9.59 Å². The standard InChI is InChI=1S/C20H16N4O2S3/c25-17-10-13(21-20-24(17)23-19(29-20)12-7-8-12)11-28-15-5-2-1-4-14(15)22-18(26)16-6-3-9-27-16/h1-6,9-10,12H,7-8,11H2,(H,22,26). The third-order valence-corrected chi connectivity index (χ3v) is 7.54. The second kappa shape index (κ2) is 7.74. The normalized spacial score (nSPS) is 13.7. The van der Waals surface area contributed by atoms with E-state index in [1.807, 2.05) is 35.7 Å². The van der Waals surface area contributed by atoms with Gasteiger partial charge in [-0.2, -0.15) is 9.61 Å². The molecule has 9 heteroatoms. The number of thiophene rings is 1. The molecule has 1 fully saturated rings. The van der Waals surface area contributed by atoms with Crippen LogP contribution in [0.3, 0.4) is 0 Å². The fourth-order valence-electron chi connectivity index (χ4n) is 2.88. The zero-order valence-electron chi connectivity index (χ0n) is 15.2.